The highest BCUT2D eigenvalue weighted by atomic mass is 32.1. The summed E-state index contributed by atoms with van der Waals surface area (Å²) in [5, 5.41) is 6.76. The van der Waals surface area contributed by atoms with E-state index in [0.717, 1.165) is 17.5 Å². The Balaban J connectivity index is 1.70. The topological polar surface area (TPSA) is 49.4 Å². The molecule has 5 heteroatoms. The van der Waals surface area contributed by atoms with E-state index >= 15 is 0 Å². The molecule has 1 spiro atoms. The smallest absolute Gasteiger partial charge is 0.254 e. The van der Waals surface area contributed by atoms with Crippen molar-refractivity contribution in [3.63, 3.8) is 0 Å². The number of amides is 2. The molecule has 2 aliphatic rings. The monoisotopic (exact) mass is 326 g/mol. The Morgan fingerprint density at radius 2 is 2.09 bits per heavy atom. The zero-order valence-corrected chi connectivity index (χ0v) is 13.5. The van der Waals surface area contributed by atoms with Crippen molar-refractivity contribution >= 4 is 23.2 Å². The predicted octanol–water partition coefficient (Wildman–Crippen LogP) is 2.49. The van der Waals surface area contributed by atoms with E-state index in [-0.39, 0.29) is 17.7 Å². The number of nitrogens with zero attached hydrogens (tertiary/aromatic N) is 1. The van der Waals surface area contributed by atoms with Crippen LogP contribution in [-0.4, -0.2) is 36.3 Å². The second-order valence-electron chi connectivity index (χ2n) is 6.32. The van der Waals surface area contributed by atoms with E-state index in [0.29, 0.717) is 19.6 Å². The molecule has 2 fully saturated rings. The molecule has 0 aliphatic carbocycles. The van der Waals surface area contributed by atoms with Crippen LogP contribution in [0.3, 0.4) is 0 Å². The van der Waals surface area contributed by atoms with Crippen molar-refractivity contribution in [1.29, 1.82) is 0 Å². The Kier molecular flexibility index (Phi) is 3.45. The number of carbonyl (C=O) groups is 2. The van der Waals surface area contributed by atoms with Crippen LogP contribution in [0.4, 0.5) is 0 Å². The van der Waals surface area contributed by atoms with Crippen molar-refractivity contribution in [3.8, 4) is 0 Å². The first kappa shape index (κ1) is 14.5. The van der Waals surface area contributed by atoms with Gasteiger partial charge in [-0.05, 0) is 23.4 Å². The van der Waals surface area contributed by atoms with Gasteiger partial charge in [0.15, 0.2) is 0 Å². The molecule has 2 aliphatic heterocycles. The third kappa shape index (κ3) is 2.27. The largest absolute Gasteiger partial charge is 0.356 e. The van der Waals surface area contributed by atoms with Gasteiger partial charge in [0, 0.05) is 30.9 Å². The van der Waals surface area contributed by atoms with Crippen molar-refractivity contribution < 1.29 is 9.59 Å². The van der Waals surface area contributed by atoms with E-state index in [1.165, 1.54) is 11.3 Å². The first-order valence-electron chi connectivity index (χ1n) is 7.85. The van der Waals surface area contributed by atoms with Crippen molar-refractivity contribution in [2.45, 2.75) is 12.3 Å². The molecule has 2 aromatic rings. The summed E-state index contributed by atoms with van der Waals surface area (Å²) in [5.74, 6) is 0.185. The molecule has 2 amide bonds. The van der Waals surface area contributed by atoms with Crippen molar-refractivity contribution in [2.75, 3.05) is 19.6 Å². The second-order valence-corrected chi connectivity index (χ2v) is 7.10. The third-order valence-corrected chi connectivity index (χ3v) is 5.79. The maximum Gasteiger partial charge on any atom is 0.254 e. The molecule has 0 saturated carbocycles. The van der Waals surface area contributed by atoms with Gasteiger partial charge in [-0.25, -0.2) is 0 Å². The maximum atomic E-state index is 12.7. The first-order chi connectivity index (χ1) is 11.2. The standard InChI is InChI=1S/C18H18N2O2S/c21-16(14-6-9-23-11-14)20-10-15(13-4-2-1-3-5-13)18(12-20)7-8-19-17(18)22/h1-6,9,11,15H,7-8,10,12H2,(H,19,22)/t15-,18+/m1/s1. The number of thiophene rings is 1. The number of likely N-dealkylation sites (tertiary alicyclic amines) is 1. The lowest BCUT2D eigenvalue weighted by Crippen LogP contribution is -2.38. The quantitative estimate of drug-likeness (QED) is 0.922. The molecular weight excluding hydrogens is 308 g/mol. The van der Waals surface area contributed by atoms with E-state index in [9.17, 15) is 9.59 Å². The van der Waals surface area contributed by atoms with E-state index in [2.05, 4.69) is 17.4 Å². The molecule has 4 nitrogen and oxygen atoms in total. The molecule has 118 valence electrons. The highest BCUT2D eigenvalue weighted by molar-refractivity contribution is 7.08. The number of benzene rings is 1. The van der Waals surface area contributed by atoms with Crippen LogP contribution in [0.2, 0.25) is 0 Å². The normalized spacial score (nSPS) is 26.7. The molecule has 0 bridgehead atoms. The molecule has 1 N–H and O–H groups in total. The van der Waals surface area contributed by atoms with Crippen LogP contribution in [0.1, 0.15) is 28.3 Å². The van der Waals surface area contributed by atoms with Crippen LogP contribution < -0.4 is 5.32 Å². The summed E-state index contributed by atoms with van der Waals surface area (Å²) in [6.07, 6.45) is 0.790. The van der Waals surface area contributed by atoms with Gasteiger partial charge in [0.1, 0.15) is 0 Å². The summed E-state index contributed by atoms with van der Waals surface area (Å²) in [4.78, 5) is 27.2. The van der Waals surface area contributed by atoms with E-state index in [4.69, 9.17) is 0 Å². The summed E-state index contributed by atoms with van der Waals surface area (Å²) >= 11 is 1.52. The van der Waals surface area contributed by atoms with Gasteiger partial charge in [-0.15, -0.1) is 0 Å². The fourth-order valence-corrected chi connectivity index (χ4v) is 4.55. The van der Waals surface area contributed by atoms with Crippen LogP contribution in [0.15, 0.2) is 47.2 Å². The molecule has 0 radical (unpaired) electrons. The summed E-state index contributed by atoms with van der Waals surface area (Å²) in [7, 11) is 0. The van der Waals surface area contributed by atoms with Crippen LogP contribution in [-0.2, 0) is 4.79 Å². The van der Waals surface area contributed by atoms with Gasteiger partial charge in [0.2, 0.25) is 5.91 Å². The van der Waals surface area contributed by atoms with Gasteiger partial charge in [0.05, 0.1) is 11.0 Å². The fraction of sp³-hybridized carbons (Fsp3) is 0.333. The lowest BCUT2D eigenvalue weighted by atomic mass is 9.73. The van der Waals surface area contributed by atoms with Gasteiger partial charge in [-0.3, -0.25) is 9.59 Å². The molecule has 4 rings (SSSR count). The Morgan fingerprint density at radius 1 is 1.26 bits per heavy atom. The predicted molar refractivity (Wildman–Crippen MR) is 89.5 cm³/mol. The van der Waals surface area contributed by atoms with Gasteiger partial charge < -0.3 is 10.2 Å². The van der Waals surface area contributed by atoms with Gasteiger partial charge in [-0.1, -0.05) is 30.3 Å². The van der Waals surface area contributed by atoms with Crippen molar-refractivity contribution in [1.82, 2.24) is 10.2 Å². The highest BCUT2D eigenvalue weighted by Crippen LogP contribution is 2.47. The summed E-state index contributed by atoms with van der Waals surface area (Å²) in [6.45, 7) is 1.81. The van der Waals surface area contributed by atoms with Crippen LogP contribution in [0.5, 0.6) is 0 Å². The Bertz CT molecular complexity index is 729. The summed E-state index contributed by atoms with van der Waals surface area (Å²) < 4.78 is 0. The Hall–Kier alpha value is -2.14. The van der Waals surface area contributed by atoms with E-state index in [1.54, 1.807) is 0 Å². The highest BCUT2D eigenvalue weighted by Gasteiger charge is 2.55. The van der Waals surface area contributed by atoms with Crippen LogP contribution in [0.25, 0.3) is 0 Å². The lowest BCUT2D eigenvalue weighted by molar-refractivity contribution is -0.127. The molecule has 1 aromatic carbocycles. The van der Waals surface area contributed by atoms with E-state index in [1.807, 2.05) is 39.9 Å². The minimum Gasteiger partial charge on any atom is -0.356 e. The average molecular weight is 326 g/mol. The zero-order valence-electron chi connectivity index (χ0n) is 12.7. The number of hydrogen-bond donors (Lipinski definition) is 1. The number of hydrogen-bond acceptors (Lipinski definition) is 3. The van der Waals surface area contributed by atoms with Crippen molar-refractivity contribution in [3.05, 3.63) is 58.3 Å². The third-order valence-electron chi connectivity index (χ3n) is 5.11. The molecule has 3 heterocycles. The fourth-order valence-electron chi connectivity index (χ4n) is 3.92. The Morgan fingerprint density at radius 3 is 2.74 bits per heavy atom. The first-order valence-corrected chi connectivity index (χ1v) is 8.80. The second kappa shape index (κ2) is 5.49. The minimum absolute atomic E-state index is 0.0313. The number of nitrogens with one attached hydrogen (secondary N) is 1. The van der Waals surface area contributed by atoms with Crippen LogP contribution in [0, 0.1) is 5.41 Å². The lowest BCUT2D eigenvalue weighted by Gasteiger charge is -2.27. The molecular formula is C18H18N2O2S. The van der Waals surface area contributed by atoms with Crippen molar-refractivity contribution in [2.24, 2.45) is 5.41 Å². The average Bonchev–Trinajstić information content (AvgIpc) is 3.30. The number of rotatable bonds is 2. The number of carbonyl (C=O) groups excluding carboxylic acids is 2. The minimum atomic E-state index is -0.479. The van der Waals surface area contributed by atoms with Gasteiger partial charge in [-0.2, -0.15) is 11.3 Å². The summed E-state index contributed by atoms with van der Waals surface area (Å²) in [5.41, 5.74) is 1.38. The summed E-state index contributed by atoms with van der Waals surface area (Å²) in [6, 6.07) is 12.0. The molecule has 1 aromatic heterocycles. The molecule has 2 atom stereocenters. The van der Waals surface area contributed by atoms with Gasteiger partial charge in [0.25, 0.3) is 5.91 Å². The molecule has 0 unspecified atom stereocenters. The van der Waals surface area contributed by atoms with Crippen LogP contribution >= 0.6 is 11.3 Å². The SMILES string of the molecule is O=C(c1ccsc1)N1C[C@H](c2ccccc2)[C@]2(CCNC2=O)C1. The van der Waals surface area contributed by atoms with E-state index < -0.39 is 5.41 Å². The Labute approximate surface area is 139 Å². The van der Waals surface area contributed by atoms with Gasteiger partial charge >= 0.3 is 0 Å². The maximum absolute atomic E-state index is 12.7. The molecule has 23 heavy (non-hydrogen) atoms. The molecule has 2 saturated heterocycles. The zero-order chi connectivity index (χ0) is 15.9.